The Bertz CT molecular complexity index is 939. The van der Waals surface area contributed by atoms with E-state index in [0.717, 1.165) is 51.4 Å². The zero-order valence-electron chi connectivity index (χ0n) is 39.5. The SMILES string of the molecule is CCCCCCC/C=C\C/C=C\C/C=C\CCCCCCCCCCCCC(=O)OC(CO)COC(=O)CCCCCCCCCCCCCCCCCCCCCC. The van der Waals surface area contributed by atoms with E-state index in [1.54, 1.807) is 0 Å². The minimum atomic E-state index is -0.772. The molecule has 0 aliphatic rings. The van der Waals surface area contributed by atoms with E-state index in [-0.39, 0.29) is 25.2 Å². The number of esters is 2. The van der Waals surface area contributed by atoms with Crippen LogP contribution < -0.4 is 0 Å². The number of hydrogen-bond donors (Lipinski definition) is 1. The first-order chi connectivity index (χ1) is 29.1. The van der Waals surface area contributed by atoms with E-state index >= 15 is 0 Å². The molecule has 346 valence electrons. The highest BCUT2D eigenvalue weighted by Gasteiger charge is 2.16. The van der Waals surface area contributed by atoms with Crippen molar-refractivity contribution < 1.29 is 24.2 Å². The van der Waals surface area contributed by atoms with Gasteiger partial charge in [-0.2, -0.15) is 0 Å². The third-order valence-electron chi connectivity index (χ3n) is 11.7. The van der Waals surface area contributed by atoms with Crippen LogP contribution in [0.1, 0.15) is 277 Å². The molecular weight excluding hydrogens is 729 g/mol. The van der Waals surface area contributed by atoms with Gasteiger partial charge in [-0.15, -0.1) is 0 Å². The zero-order valence-corrected chi connectivity index (χ0v) is 39.5. The third-order valence-corrected chi connectivity index (χ3v) is 11.7. The number of allylic oxidation sites excluding steroid dienone is 6. The molecule has 0 radical (unpaired) electrons. The van der Waals surface area contributed by atoms with Gasteiger partial charge in [-0.05, 0) is 51.4 Å². The van der Waals surface area contributed by atoms with E-state index in [2.05, 4.69) is 50.3 Å². The van der Waals surface area contributed by atoms with Crippen molar-refractivity contribution in [3.8, 4) is 0 Å². The summed E-state index contributed by atoms with van der Waals surface area (Å²) in [5, 5.41) is 9.63. The molecule has 1 N–H and O–H groups in total. The Morgan fingerprint density at radius 3 is 1.02 bits per heavy atom. The summed E-state index contributed by atoms with van der Waals surface area (Å²) in [5.74, 6) is -0.581. The normalized spacial score (nSPS) is 12.4. The van der Waals surface area contributed by atoms with Gasteiger partial charge in [0.05, 0.1) is 6.61 Å². The molecule has 0 bridgehead atoms. The summed E-state index contributed by atoms with van der Waals surface area (Å²) in [4.78, 5) is 24.5. The molecule has 0 heterocycles. The number of rotatable bonds is 48. The van der Waals surface area contributed by atoms with E-state index < -0.39 is 6.10 Å². The monoisotopic (exact) mass is 829 g/mol. The second-order valence-corrected chi connectivity index (χ2v) is 17.6. The highest BCUT2D eigenvalue weighted by atomic mass is 16.6. The van der Waals surface area contributed by atoms with Gasteiger partial charge in [0.15, 0.2) is 6.10 Å². The van der Waals surface area contributed by atoms with Gasteiger partial charge in [0.1, 0.15) is 6.61 Å². The maximum absolute atomic E-state index is 12.3. The molecule has 0 spiro atoms. The first kappa shape index (κ1) is 57.1. The minimum absolute atomic E-state index is 0.0633. The summed E-state index contributed by atoms with van der Waals surface area (Å²) in [6.45, 7) is 4.16. The second-order valence-electron chi connectivity index (χ2n) is 17.6. The van der Waals surface area contributed by atoms with Gasteiger partial charge in [0, 0.05) is 12.8 Å². The topological polar surface area (TPSA) is 72.8 Å². The van der Waals surface area contributed by atoms with Crippen molar-refractivity contribution in [3.05, 3.63) is 36.5 Å². The van der Waals surface area contributed by atoms with Crippen LogP contribution in [0.2, 0.25) is 0 Å². The van der Waals surface area contributed by atoms with Gasteiger partial charge in [-0.1, -0.05) is 249 Å². The number of unbranched alkanes of at least 4 members (excludes halogenated alkanes) is 34. The molecule has 1 unspecified atom stereocenters. The average molecular weight is 829 g/mol. The molecule has 0 aromatic heterocycles. The van der Waals surface area contributed by atoms with Crippen molar-refractivity contribution in [2.45, 2.75) is 283 Å². The van der Waals surface area contributed by atoms with Crippen LogP contribution in [0.3, 0.4) is 0 Å². The van der Waals surface area contributed by atoms with Crippen molar-refractivity contribution in [3.63, 3.8) is 0 Å². The fraction of sp³-hybridized carbons (Fsp3) is 0.852. The maximum Gasteiger partial charge on any atom is 0.306 e. The molecule has 0 rings (SSSR count). The zero-order chi connectivity index (χ0) is 42.8. The molecule has 59 heavy (non-hydrogen) atoms. The highest BCUT2D eigenvalue weighted by Crippen LogP contribution is 2.16. The van der Waals surface area contributed by atoms with Crippen molar-refractivity contribution in [1.82, 2.24) is 0 Å². The van der Waals surface area contributed by atoms with E-state index in [9.17, 15) is 14.7 Å². The Labute approximate surface area is 367 Å². The largest absolute Gasteiger partial charge is 0.462 e. The van der Waals surface area contributed by atoms with Gasteiger partial charge < -0.3 is 14.6 Å². The van der Waals surface area contributed by atoms with Crippen LogP contribution >= 0.6 is 0 Å². The summed E-state index contributed by atoms with van der Waals surface area (Å²) in [6.07, 6.45) is 63.8. The van der Waals surface area contributed by atoms with Crippen molar-refractivity contribution in [2.75, 3.05) is 13.2 Å². The highest BCUT2D eigenvalue weighted by molar-refractivity contribution is 5.70. The van der Waals surface area contributed by atoms with Crippen LogP contribution in [-0.2, 0) is 19.1 Å². The lowest BCUT2D eigenvalue weighted by atomic mass is 10.0. The summed E-state index contributed by atoms with van der Waals surface area (Å²) in [6, 6.07) is 0. The third kappa shape index (κ3) is 48.7. The van der Waals surface area contributed by atoms with E-state index in [0.29, 0.717) is 12.8 Å². The molecule has 0 amide bonds. The molecule has 0 fully saturated rings. The van der Waals surface area contributed by atoms with Crippen molar-refractivity contribution >= 4 is 11.9 Å². The second kappa shape index (κ2) is 50.5. The Kier molecular flexibility index (Phi) is 48.9. The Hall–Kier alpha value is -1.88. The van der Waals surface area contributed by atoms with Gasteiger partial charge in [0.25, 0.3) is 0 Å². The van der Waals surface area contributed by atoms with Crippen LogP contribution in [0.15, 0.2) is 36.5 Å². The molecule has 0 aromatic rings. The lowest BCUT2D eigenvalue weighted by molar-refractivity contribution is -0.161. The number of carbonyl (C=O) groups excluding carboxylic acids is 2. The van der Waals surface area contributed by atoms with Gasteiger partial charge in [-0.25, -0.2) is 0 Å². The van der Waals surface area contributed by atoms with Crippen LogP contribution in [0.25, 0.3) is 0 Å². The number of aliphatic hydroxyl groups is 1. The molecule has 5 nitrogen and oxygen atoms in total. The minimum Gasteiger partial charge on any atom is -0.462 e. The Balaban J connectivity index is 3.48. The van der Waals surface area contributed by atoms with Gasteiger partial charge in [-0.3, -0.25) is 9.59 Å². The molecule has 0 saturated carbocycles. The summed E-state index contributed by atoms with van der Waals surface area (Å²) in [5.41, 5.74) is 0. The summed E-state index contributed by atoms with van der Waals surface area (Å²) in [7, 11) is 0. The molecule has 0 saturated heterocycles. The number of hydrogen-bond acceptors (Lipinski definition) is 5. The Morgan fingerprint density at radius 2 is 0.678 bits per heavy atom. The van der Waals surface area contributed by atoms with Crippen molar-refractivity contribution in [1.29, 1.82) is 0 Å². The predicted octanol–water partition coefficient (Wildman–Crippen LogP) is 17.1. The summed E-state index contributed by atoms with van der Waals surface area (Å²) >= 11 is 0. The predicted molar refractivity (Wildman–Crippen MR) is 256 cm³/mol. The molecule has 5 heteroatoms. The van der Waals surface area contributed by atoms with Crippen LogP contribution in [0.5, 0.6) is 0 Å². The maximum atomic E-state index is 12.3. The van der Waals surface area contributed by atoms with E-state index in [1.165, 1.54) is 199 Å². The quantitative estimate of drug-likeness (QED) is 0.0376. The van der Waals surface area contributed by atoms with Gasteiger partial charge in [0.2, 0.25) is 0 Å². The smallest absolute Gasteiger partial charge is 0.306 e. The standard InChI is InChI=1S/C54H100O5/c1-3-5-7-9-11-13-15-17-19-21-23-25-26-27-28-29-31-33-35-37-39-41-43-45-47-49-54(57)59-52(50-55)51-58-53(56)48-46-44-42-40-38-36-34-32-30-24-22-20-18-16-14-12-10-8-6-4-2/h15,17,21,23,26-27,52,55H,3-14,16,18-20,22,24-25,28-51H2,1-2H3/b17-15-,23-21-,27-26-. The molecular formula is C54H100O5. The lowest BCUT2D eigenvalue weighted by Gasteiger charge is -2.15. The number of aliphatic hydroxyl groups excluding tert-OH is 1. The van der Waals surface area contributed by atoms with E-state index in [1.807, 2.05) is 0 Å². The molecule has 1 atom stereocenters. The lowest BCUT2D eigenvalue weighted by Crippen LogP contribution is -2.28. The fourth-order valence-electron chi connectivity index (χ4n) is 7.74. The number of carbonyl (C=O) groups is 2. The van der Waals surface area contributed by atoms with Crippen LogP contribution in [0.4, 0.5) is 0 Å². The molecule has 0 aliphatic carbocycles. The average Bonchev–Trinajstić information content (AvgIpc) is 3.24. The van der Waals surface area contributed by atoms with Crippen LogP contribution in [-0.4, -0.2) is 36.4 Å². The fourth-order valence-corrected chi connectivity index (χ4v) is 7.74. The first-order valence-electron chi connectivity index (χ1n) is 26.0. The number of ether oxygens (including phenoxy) is 2. The Morgan fingerprint density at radius 1 is 0.390 bits per heavy atom. The van der Waals surface area contributed by atoms with Crippen molar-refractivity contribution in [2.24, 2.45) is 0 Å². The molecule has 0 aliphatic heterocycles. The molecule has 0 aromatic carbocycles. The van der Waals surface area contributed by atoms with Crippen LogP contribution in [0, 0.1) is 0 Å². The van der Waals surface area contributed by atoms with Gasteiger partial charge >= 0.3 is 11.9 Å². The first-order valence-corrected chi connectivity index (χ1v) is 26.0. The van der Waals surface area contributed by atoms with E-state index in [4.69, 9.17) is 9.47 Å². The summed E-state index contributed by atoms with van der Waals surface area (Å²) < 4.78 is 10.7.